The van der Waals surface area contributed by atoms with Crippen LogP contribution in [0.3, 0.4) is 0 Å². The molecule has 0 bridgehead atoms. The first-order valence-electron chi connectivity index (χ1n) is 14.2. The van der Waals surface area contributed by atoms with Gasteiger partial charge >= 0.3 is 0 Å². The maximum Gasteiger partial charge on any atom is 0.264 e. The lowest BCUT2D eigenvalue weighted by atomic mass is 9.95. The SMILES string of the molecule is Cc1cccc(N(CC(=O)N(Cc2ccc(Cl)cc2Cl)C(C)C(=O)NC2CCCCC2)S(=O)(=O)c2ccccc2)c1C. The molecule has 1 aliphatic rings. The van der Waals surface area contributed by atoms with E-state index in [1.165, 1.54) is 17.0 Å². The monoisotopic (exact) mass is 629 g/mol. The summed E-state index contributed by atoms with van der Waals surface area (Å²) in [6.45, 7) is 4.87. The number of sulfonamides is 1. The molecule has 0 heterocycles. The Kier molecular flexibility index (Phi) is 10.6. The highest BCUT2D eigenvalue weighted by Gasteiger charge is 2.34. The average Bonchev–Trinajstić information content (AvgIpc) is 2.97. The molecule has 1 fully saturated rings. The topological polar surface area (TPSA) is 86.8 Å². The summed E-state index contributed by atoms with van der Waals surface area (Å²) in [5.41, 5.74) is 2.62. The maximum atomic E-state index is 14.2. The highest BCUT2D eigenvalue weighted by molar-refractivity contribution is 7.92. The molecule has 1 atom stereocenters. The normalized spacial score (nSPS) is 14.7. The lowest BCUT2D eigenvalue weighted by molar-refractivity contribution is -0.139. The summed E-state index contributed by atoms with van der Waals surface area (Å²) >= 11 is 12.6. The van der Waals surface area contributed by atoms with Crippen LogP contribution in [0, 0.1) is 13.8 Å². The van der Waals surface area contributed by atoms with E-state index < -0.39 is 28.5 Å². The summed E-state index contributed by atoms with van der Waals surface area (Å²) in [4.78, 5) is 29.1. The summed E-state index contributed by atoms with van der Waals surface area (Å²) in [7, 11) is -4.14. The number of nitrogens with zero attached hydrogens (tertiary/aromatic N) is 2. The summed E-state index contributed by atoms with van der Waals surface area (Å²) in [5.74, 6) is -0.822. The Morgan fingerprint density at radius 3 is 2.31 bits per heavy atom. The summed E-state index contributed by atoms with van der Waals surface area (Å²) in [6.07, 6.45) is 5.02. The van der Waals surface area contributed by atoms with Gasteiger partial charge in [-0.05, 0) is 80.6 Å². The maximum absolute atomic E-state index is 14.2. The number of carbonyl (C=O) groups is 2. The van der Waals surface area contributed by atoms with Crippen molar-refractivity contribution in [2.75, 3.05) is 10.8 Å². The molecule has 7 nitrogen and oxygen atoms in total. The Labute approximate surface area is 258 Å². The molecule has 3 aromatic rings. The zero-order valence-corrected chi connectivity index (χ0v) is 26.5. The van der Waals surface area contributed by atoms with Crippen LogP contribution in [0.1, 0.15) is 55.7 Å². The van der Waals surface area contributed by atoms with Gasteiger partial charge in [0.25, 0.3) is 10.0 Å². The van der Waals surface area contributed by atoms with E-state index in [0.29, 0.717) is 21.3 Å². The number of nitrogens with one attached hydrogen (secondary N) is 1. The smallest absolute Gasteiger partial charge is 0.264 e. The van der Waals surface area contributed by atoms with Gasteiger partial charge in [-0.3, -0.25) is 13.9 Å². The van der Waals surface area contributed by atoms with Gasteiger partial charge in [-0.1, -0.05) is 78.9 Å². The van der Waals surface area contributed by atoms with Crippen molar-refractivity contribution in [3.8, 4) is 0 Å². The molecule has 0 saturated heterocycles. The van der Waals surface area contributed by atoms with E-state index in [-0.39, 0.29) is 23.4 Å². The lowest BCUT2D eigenvalue weighted by Crippen LogP contribution is -2.53. The second kappa shape index (κ2) is 13.9. The second-order valence-electron chi connectivity index (χ2n) is 10.8. The van der Waals surface area contributed by atoms with Crippen molar-refractivity contribution in [1.82, 2.24) is 10.2 Å². The highest BCUT2D eigenvalue weighted by atomic mass is 35.5. The number of amides is 2. The standard InChI is InChI=1S/C32H37Cl2N3O4S/c1-22-11-10-16-30(23(22)2)37(42(40,41)28-14-8-5-9-15-28)21-31(38)36(20-25-17-18-26(33)19-29(25)34)24(3)32(39)35-27-12-6-4-7-13-27/h5,8-11,14-19,24,27H,4,6-7,12-13,20-21H2,1-3H3,(H,35,39). The number of aryl methyl sites for hydroxylation is 1. The van der Waals surface area contributed by atoms with E-state index in [1.807, 2.05) is 19.9 Å². The Morgan fingerprint density at radius 2 is 1.64 bits per heavy atom. The second-order valence-corrected chi connectivity index (χ2v) is 13.5. The van der Waals surface area contributed by atoms with Crippen molar-refractivity contribution in [2.24, 2.45) is 0 Å². The molecular weight excluding hydrogens is 593 g/mol. The number of carbonyl (C=O) groups excluding carboxylic acids is 2. The quantitative estimate of drug-likeness (QED) is 0.271. The van der Waals surface area contributed by atoms with Gasteiger partial charge in [0, 0.05) is 22.6 Å². The summed E-state index contributed by atoms with van der Waals surface area (Å²) in [5, 5.41) is 3.90. The number of halogens is 2. The van der Waals surface area contributed by atoms with Crippen LogP contribution in [0.15, 0.2) is 71.6 Å². The van der Waals surface area contributed by atoms with Gasteiger partial charge in [0.05, 0.1) is 10.6 Å². The zero-order chi connectivity index (χ0) is 30.4. The van der Waals surface area contributed by atoms with Crippen LogP contribution in [-0.4, -0.2) is 43.8 Å². The molecule has 1 saturated carbocycles. The molecular formula is C32H37Cl2N3O4S. The van der Waals surface area contributed by atoms with Gasteiger partial charge in [-0.25, -0.2) is 8.42 Å². The summed E-state index contributed by atoms with van der Waals surface area (Å²) in [6, 6.07) is 17.5. The van der Waals surface area contributed by atoms with E-state index in [1.54, 1.807) is 55.5 Å². The number of hydrogen-bond donors (Lipinski definition) is 1. The fourth-order valence-corrected chi connectivity index (χ4v) is 7.18. The minimum absolute atomic E-state index is 0.000112. The van der Waals surface area contributed by atoms with Crippen molar-refractivity contribution >= 4 is 50.7 Å². The molecule has 1 N–H and O–H groups in total. The van der Waals surface area contributed by atoms with Crippen molar-refractivity contribution in [1.29, 1.82) is 0 Å². The zero-order valence-electron chi connectivity index (χ0n) is 24.1. The average molecular weight is 631 g/mol. The third-order valence-corrected chi connectivity index (χ3v) is 10.3. The Morgan fingerprint density at radius 1 is 0.952 bits per heavy atom. The van der Waals surface area contributed by atoms with Crippen LogP contribution < -0.4 is 9.62 Å². The molecule has 4 rings (SSSR count). The van der Waals surface area contributed by atoms with Gasteiger partial charge in [0.15, 0.2) is 0 Å². The Balaban J connectivity index is 1.72. The first-order valence-corrected chi connectivity index (χ1v) is 16.4. The van der Waals surface area contributed by atoms with Crippen LogP contribution in [0.25, 0.3) is 0 Å². The Hall–Kier alpha value is -3.07. The van der Waals surface area contributed by atoms with Crippen LogP contribution in [0.4, 0.5) is 5.69 Å². The van der Waals surface area contributed by atoms with Crippen molar-refractivity contribution in [2.45, 2.75) is 76.4 Å². The molecule has 224 valence electrons. The fraction of sp³-hybridized carbons (Fsp3) is 0.375. The molecule has 0 spiro atoms. The van der Waals surface area contributed by atoms with Gasteiger partial charge in [-0.2, -0.15) is 0 Å². The van der Waals surface area contributed by atoms with Gasteiger partial charge in [-0.15, -0.1) is 0 Å². The van der Waals surface area contributed by atoms with Crippen LogP contribution in [0.5, 0.6) is 0 Å². The van der Waals surface area contributed by atoms with E-state index in [0.717, 1.165) is 47.5 Å². The third kappa shape index (κ3) is 7.46. The predicted molar refractivity (Wildman–Crippen MR) is 168 cm³/mol. The van der Waals surface area contributed by atoms with Crippen molar-refractivity contribution in [3.05, 3.63) is 93.5 Å². The molecule has 3 aromatic carbocycles. The number of anilines is 1. The first kappa shape index (κ1) is 31.9. The lowest BCUT2D eigenvalue weighted by Gasteiger charge is -2.34. The largest absolute Gasteiger partial charge is 0.352 e. The Bertz CT molecular complexity index is 1530. The third-order valence-electron chi connectivity index (χ3n) is 7.93. The van der Waals surface area contributed by atoms with Crippen LogP contribution >= 0.6 is 23.2 Å². The molecule has 0 aliphatic heterocycles. The minimum atomic E-state index is -4.14. The first-order chi connectivity index (χ1) is 20.0. The van der Waals surface area contributed by atoms with Gasteiger partial charge in [0.1, 0.15) is 12.6 Å². The van der Waals surface area contributed by atoms with Gasteiger partial charge in [0.2, 0.25) is 11.8 Å². The van der Waals surface area contributed by atoms with E-state index in [2.05, 4.69) is 5.32 Å². The molecule has 1 unspecified atom stereocenters. The number of hydrogen-bond acceptors (Lipinski definition) is 4. The van der Waals surface area contributed by atoms with E-state index >= 15 is 0 Å². The summed E-state index contributed by atoms with van der Waals surface area (Å²) < 4.78 is 29.2. The highest BCUT2D eigenvalue weighted by Crippen LogP contribution is 2.30. The van der Waals surface area contributed by atoms with Crippen molar-refractivity contribution < 1.29 is 18.0 Å². The molecule has 42 heavy (non-hydrogen) atoms. The minimum Gasteiger partial charge on any atom is -0.352 e. The molecule has 10 heteroatoms. The number of rotatable bonds is 10. The molecule has 0 radical (unpaired) electrons. The predicted octanol–water partition coefficient (Wildman–Crippen LogP) is 6.67. The van der Waals surface area contributed by atoms with Crippen LogP contribution in [0.2, 0.25) is 10.0 Å². The van der Waals surface area contributed by atoms with Gasteiger partial charge < -0.3 is 10.2 Å². The van der Waals surface area contributed by atoms with E-state index in [9.17, 15) is 18.0 Å². The fourth-order valence-electron chi connectivity index (χ4n) is 5.22. The molecule has 0 aromatic heterocycles. The number of benzene rings is 3. The van der Waals surface area contributed by atoms with E-state index in [4.69, 9.17) is 23.2 Å². The molecule has 2 amide bonds. The van der Waals surface area contributed by atoms with Crippen LogP contribution in [-0.2, 0) is 26.2 Å². The molecule has 1 aliphatic carbocycles. The van der Waals surface area contributed by atoms with Crippen molar-refractivity contribution in [3.63, 3.8) is 0 Å².